The molecule has 1 N–H and O–H groups in total. The number of aryl methyl sites for hydroxylation is 1. The van der Waals surface area contributed by atoms with Crippen molar-refractivity contribution in [3.63, 3.8) is 0 Å². The number of hydrogen-bond acceptors (Lipinski definition) is 10. The fourth-order valence-corrected chi connectivity index (χ4v) is 8.61. The summed E-state index contributed by atoms with van der Waals surface area (Å²) in [6, 6.07) is 24.6. The summed E-state index contributed by atoms with van der Waals surface area (Å²) >= 11 is 0. The lowest BCUT2D eigenvalue weighted by molar-refractivity contribution is -0.142. The zero-order valence-corrected chi connectivity index (χ0v) is 34.3. The minimum absolute atomic E-state index is 0.0856. The van der Waals surface area contributed by atoms with Crippen LogP contribution in [-0.4, -0.2) is 59.8 Å². The van der Waals surface area contributed by atoms with Gasteiger partial charge >= 0.3 is 12.6 Å². The molecule has 0 aliphatic carbocycles. The highest BCUT2D eigenvalue weighted by Crippen LogP contribution is 2.40. The van der Waals surface area contributed by atoms with Gasteiger partial charge in [-0.3, -0.25) is 9.69 Å². The summed E-state index contributed by atoms with van der Waals surface area (Å²) in [6.07, 6.45) is 4.01. The predicted molar refractivity (Wildman–Crippen MR) is 223 cm³/mol. The van der Waals surface area contributed by atoms with Crippen molar-refractivity contribution in [2.45, 2.75) is 77.2 Å². The molecular formula is C46H43F2N3O8S. The number of benzene rings is 5. The molecule has 5 aromatic carbocycles. The monoisotopic (exact) mass is 835 g/mol. The number of aromatic nitrogens is 2. The van der Waals surface area contributed by atoms with Crippen molar-refractivity contribution < 1.29 is 45.4 Å². The molecule has 11 nitrogen and oxygen atoms in total. The molecule has 2 aromatic heterocycles. The van der Waals surface area contributed by atoms with E-state index in [0.717, 1.165) is 51.8 Å². The summed E-state index contributed by atoms with van der Waals surface area (Å²) in [5.74, 6) is 0.388. The van der Waals surface area contributed by atoms with E-state index >= 15 is 0 Å². The molecule has 0 bridgehead atoms. The standard InChI is InChI=1S/C46H43F2N3O8S/c1-5-9-29-20-36-41(22-39(29)56-25-28-15-17-31(18-16-28)60(4,54)55)57-43(49-36)34-12-6-10-32(26(34)2)33-11-7-13-35(27(33)3)44-50-37-21-30(24-51-19-8-14-38(51)45(52)53)40(59-46(47)48)23-42(37)58-44/h6-7,10-13,15-18,20-23,38,46H,5,8-9,14,19,24-25H2,1-4H3,(H,52,53)/t38-/m0/s1. The first-order chi connectivity index (χ1) is 28.8. The molecule has 310 valence electrons. The summed E-state index contributed by atoms with van der Waals surface area (Å²) < 4.78 is 74.6. The molecule has 0 spiro atoms. The number of sulfone groups is 1. The van der Waals surface area contributed by atoms with Crippen LogP contribution in [0.2, 0.25) is 0 Å². The number of oxazole rings is 2. The second-order valence-electron chi connectivity index (χ2n) is 15.1. The van der Waals surface area contributed by atoms with Crippen molar-refractivity contribution in [2.24, 2.45) is 0 Å². The largest absolute Gasteiger partial charge is 0.488 e. The van der Waals surface area contributed by atoms with Crippen LogP contribution in [0.15, 0.2) is 98.7 Å². The van der Waals surface area contributed by atoms with Gasteiger partial charge in [-0.1, -0.05) is 49.7 Å². The van der Waals surface area contributed by atoms with E-state index in [9.17, 15) is 27.1 Å². The number of ether oxygens (including phenoxy) is 2. The van der Waals surface area contributed by atoms with E-state index in [1.165, 1.54) is 12.3 Å². The number of likely N-dealkylation sites (tertiary alicyclic amines) is 1. The van der Waals surface area contributed by atoms with Gasteiger partial charge in [0.25, 0.3) is 0 Å². The Labute approximate surface area is 345 Å². The Bertz CT molecular complexity index is 2850. The number of rotatable bonds is 14. The van der Waals surface area contributed by atoms with E-state index < -0.39 is 28.5 Å². The van der Waals surface area contributed by atoms with Gasteiger partial charge in [-0.05, 0) is 109 Å². The van der Waals surface area contributed by atoms with Crippen molar-refractivity contribution in [2.75, 3.05) is 12.8 Å². The molecular weight excluding hydrogens is 793 g/mol. The summed E-state index contributed by atoms with van der Waals surface area (Å²) in [5, 5.41) is 9.69. The molecule has 1 fully saturated rings. The number of carboxylic acids is 1. The van der Waals surface area contributed by atoms with Gasteiger partial charge in [0.2, 0.25) is 11.8 Å². The Kier molecular flexibility index (Phi) is 11.2. The van der Waals surface area contributed by atoms with Crippen LogP contribution in [0.1, 0.15) is 54.0 Å². The summed E-state index contributed by atoms with van der Waals surface area (Å²) in [5.41, 5.74) is 9.38. The second kappa shape index (κ2) is 16.5. The molecule has 7 aromatic rings. The van der Waals surface area contributed by atoms with Crippen LogP contribution < -0.4 is 9.47 Å². The van der Waals surface area contributed by atoms with E-state index in [0.29, 0.717) is 64.7 Å². The fraction of sp³-hybridized carbons (Fsp3) is 0.283. The molecule has 0 saturated carbocycles. The average Bonchev–Trinajstić information content (AvgIpc) is 3.96. The molecule has 1 saturated heterocycles. The highest BCUT2D eigenvalue weighted by Gasteiger charge is 2.31. The van der Waals surface area contributed by atoms with Gasteiger partial charge in [-0.2, -0.15) is 8.78 Å². The summed E-state index contributed by atoms with van der Waals surface area (Å²) in [7, 11) is -3.30. The Balaban J connectivity index is 1.09. The molecule has 60 heavy (non-hydrogen) atoms. The van der Waals surface area contributed by atoms with E-state index in [1.54, 1.807) is 35.2 Å². The van der Waals surface area contributed by atoms with E-state index in [-0.39, 0.29) is 29.4 Å². The molecule has 8 rings (SSSR count). The van der Waals surface area contributed by atoms with Crippen LogP contribution in [0, 0.1) is 13.8 Å². The van der Waals surface area contributed by atoms with Gasteiger partial charge in [0, 0.05) is 41.6 Å². The minimum atomic E-state index is -3.30. The number of hydrogen-bond donors (Lipinski definition) is 1. The van der Waals surface area contributed by atoms with Crippen LogP contribution >= 0.6 is 0 Å². The van der Waals surface area contributed by atoms with Crippen LogP contribution in [0.4, 0.5) is 8.78 Å². The van der Waals surface area contributed by atoms with Crippen LogP contribution in [-0.2, 0) is 34.2 Å². The maximum absolute atomic E-state index is 13.5. The molecule has 14 heteroatoms. The zero-order chi connectivity index (χ0) is 42.3. The number of halogens is 2. The average molecular weight is 836 g/mol. The van der Waals surface area contributed by atoms with Gasteiger partial charge in [0.1, 0.15) is 35.2 Å². The molecule has 1 atom stereocenters. The highest BCUT2D eigenvalue weighted by atomic mass is 32.2. The summed E-state index contributed by atoms with van der Waals surface area (Å²) in [6.45, 7) is 3.88. The van der Waals surface area contributed by atoms with Gasteiger partial charge in [-0.25, -0.2) is 18.4 Å². The maximum Gasteiger partial charge on any atom is 0.387 e. The van der Waals surface area contributed by atoms with Crippen molar-refractivity contribution in [3.05, 3.63) is 113 Å². The molecule has 1 aliphatic heterocycles. The minimum Gasteiger partial charge on any atom is -0.488 e. The number of alkyl halides is 2. The number of carboxylic acid groups (broad SMARTS) is 1. The van der Waals surface area contributed by atoms with Gasteiger partial charge in [0.15, 0.2) is 21.0 Å². The first kappa shape index (κ1) is 40.7. The lowest BCUT2D eigenvalue weighted by Gasteiger charge is -2.22. The van der Waals surface area contributed by atoms with Gasteiger partial charge < -0.3 is 23.4 Å². The first-order valence-electron chi connectivity index (χ1n) is 19.7. The predicted octanol–water partition coefficient (Wildman–Crippen LogP) is 10.2. The highest BCUT2D eigenvalue weighted by molar-refractivity contribution is 7.90. The number of fused-ring (bicyclic) bond motifs is 2. The van der Waals surface area contributed by atoms with Crippen molar-refractivity contribution >= 4 is 38.0 Å². The van der Waals surface area contributed by atoms with Crippen molar-refractivity contribution in [3.8, 4) is 45.5 Å². The van der Waals surface area contributed by atoms with Crippen LogP contribution in [0.25, 0.3) is 56.2 Å². The molecule has 0 radical (unpaired) electrons. The number of aliphatic carboxylic acids is 1. The van der Waals surface area contributed by atoms with Crippen LogP contribution in [0.5, 0.6) is 11.5 Å². The summed E-state index contributed by atoms with van der Waals surface area (Å²) in [4.78, 5) is 23.5. The lowest BCUT2D eigenvalue weighted by Crippen LogP contribution is -2.35. The van der Waals surface area contributed by atoms with Gasteiger partial charge in [0.05, 0.1) is 4.90 Å². The molecule has 3 heterocycles. The van der Waals surface area contributed by atoms with E-state index in [4.69, 9.17) is 28.3 Å². The quantitative estimate of drug-likeness (QED) is 0.112. The smallest absolute Gasteiger partial charge is 0.387 e. The van der Waals surface area contributed by atoms with E-state index in [1.807, 2.05) is 62.4 Å². The normalized spacial score (nSPS) is 14.8. The third-order valence-corrected chi connectivity index (χ3v) is 12.2. The first-order valence-corrected chi connectivity index (χ1v) is 21.6. The third kappa shape index (κ3) is 8.21. The molecule has 1 aliphatic rings. The third-order valence-electron chi connectivity index (χ3n) is 11.1. The van der Waals surface area contributed by atoms with Crippen LogP contribution in [0.3, 0.4) is 0 Å². The maximum atomic E-state index is 13.5. The van der Waals surface area contributed by atoms with E-state index in [2.05, 4.69) is 6.92 Å². The fourth-order valence-electron chi connectivity index (χ4n) is 7.98. The van der Waals surface area contributed by atoms with Crippen molar-refractivity contribution in [1.29, 1.82) is 0 Å². The number of nitrogens with zero attached hydrogens (tertiary/aromatic N) is 3. The Morgan fingerprint density at radius 2 is 1.42 bits per heavy atom. The second-order valence-corrected chi connectivity index (χ2v) is 17.2. The Hall–Kier alpha value is -6.12. The molecule has 0 amide bonds. The lowest BCUT2D eigenvalue weighted by atomic mass is 9.91. The number of carbonyl (C=O) groups is 1. The van der Waals surface area contributed by atoms with Crippen molar-refractivity contribution in [1.82, 2.24) is 14.9 Å². The topological polar surface area (TPSA) is 145 Å². The molecule has 0 unspecified atom stereocenters. The SMILES string of the molecule is CCCc1cc2nc(-c3cccc(-c4cccc(-c5nc6cc(CN7CCC[C@H]7C(=O)O)c(OC(F)F)cc6o5)c4C)c3C)oc2cc1OCc1ccc(S(C)(=O)=O)cc1. The Morgan fingerprint density at radius 3 is 1.97 bits per heavy atom. The Morgan fingerprint density at radius 1 is 0.850 bits per heavy atom. The zero-order valence-electron chi connectivity index (χ0n) is 33.5. The van der Waals surface area contributed by atoms with Gasteiger partial charge in [-0.15, -0.1) is 0 Å².